The third-order valence-electron chi connectivity index (χ3n) is 2.80. The summed E-state index contributed by atoms with van der Waals surface area (Å²) in [5.74, 6) is -0.522. The highest BCUT2D eigenvalue weighted by Gasteiger charge is 2.24. The van der Waals surface area contributed by atoms with E-state index >= 15 is 0 Å². The Morgan fingerprint density at radius 2 is 2.28 bits per heavy atom. The van der Waals surface area contributed by atoms with Crippen LogP contribution in [0.5, 0.6) is 5.75 Å². The molecule has 0 bridgehead atoms. The molecule has 1 aliphatic heterocycles. The molecule has 1 aromatic rings. The van der Waals surface area contributed by atoms with Crippen LogP contribution < -0.4 is 10.6 Å². The van der Waals surface area contributed by atoms with Crippen molar-refractivity contribution in [3.63, 3.8) is 0 Å². The Morgan fingerprint density at radius 3 is 2.94 bits per heavy atom. The van der Waals surface area contributed by atoms with E-state index in [4.69, 9.17) is 0 Å². The summed E-state index contributed by atoms with van der Waals surface area (Å²) in [6.45, 7) is 0.657. The summed E-state index contributed by atoms with van der Waals surface area (Å²) in [6, 6.07) is 4.04. The average molecular weight is 313 g/mol. The van der Waals surface area contributed by atoms with Gasteiger partial charge in [-0.2, -0.15) is 0 Å². The molecule has 1 fully saturated rings. The lowest BCUT2D eigenvalue weighted by atomic mass is 10.1. The summed E-state index contributed by atoms with van der Waals surface area (Å²) in [6.07, 6.45) is 1.49. The number of benzene rings is 1. The van der Waals surface area contributed by atoms with Crippen LogP contribution in [0, 0.1) is 0 Å². The van der Waals surface area contributed by atoms with E-state index in [0.717, 1.165) is 6.42 Å². The molecule has 1 unspecified atom stereocenters. The highest BCUT2D eigenvalue weighted by atomic mass is 79.9. The number of hydrogen-bond acceptors (Lipinski definition) is 3. The van der Waals surface area contributed by atoms with Crippen molar-refractivity contribution in [1.29, 1.82) is 0 Å². The monoisotopic (exact) mass is 312 g/mol. The molecule has 0 aliphatic carbocycles. The van der Waals surface area contributed by atoms with Gasteiger partial charge in [-0.1, -0.05) is 0 Å². The summed E-state index contributed by atoms with van der Waals surface area (Å²) in [5, 5.41) is 14.9. The molecule has 5 nitrogen and oxygen atoms in total. The molecule has 0 radical (unpaired) electrons. The van der Waals surface area contributed by atoms with E-state index < -0.39 is 6.04 Å². The van der Waals surface area contributed by atoms with E-state index in [1.165, 1.54) is 6.07 Å². The second kappa shape index (κ2) is 5.39. The van der Waals surface area contributed by atoms with Crippen molar-refractivity contribution in [3.05, 3.63) is 28.2 Å². The van der Waals surface area contributed by atoms with Crippen LogP contribution in [-0.4, -0.2) is 29.5 Å². The molecule has 0 spiro atoms. The number of amides is 2. The van der Waals surface area contributed by atoms with Crippen LogP contribution in [0.4, 0.5) is 0 Å². The maximum Gasteiger partial charge on any atom is 0.252 e. The van der Waals surface area contributed by atoms with Gasteiger partial charge in [0.2, 0.25) is 5.91 Å². The first-order chi connectivity index (χ1) is 8.58. The molecule has 1 aliphatic rings. The first-order valence-corrected chi connectivity index (χ1v) is 6.44. The number of halogens is 1. The lowest BCUT2D eigenvalue weighted by molar-refractivity contribution is -0.124. The molecule has 1 atom stereocenters. The second-order valence-corrected chi connectivity index (χ2v) is 4.98. The largest absolute Gasteiger partial charge is 0.507 e. The number of carbonyl (C=O) groups is 2. The predicted octanol–water partition coefficient (Wildman–Crippen LogP) is 1.16. The van der Waals surface area contributed by atoms with E-state index in [1.54, 1.807) is 12.1 Å². The van der Waals surface area contributed by atoms with Crippen molar-refractivity contribution in [2.75, 3.05) is 6.54 Å². The van der Waals surface area contributed by atoms with Crippen LogP contribution in [0.25, 0.3) is 0 Å². The fourth-order valence-corrected chi connectivity index (χ4v) is 2.05. The normalized spacial score (nSPS) is 19.2. The van der Waals surface area contributed by atoms with Gasteiger partial charge in [0.15, 0.2) is 0 Å². The molecule has 1 heterocycles. The summed E-state index contributed by atoms with van der Waals surface area (Å²) in [4.78, 5) is 23.4. The van der Waals surface area contributed by atoms with Crippen LogP contribution in [0.3, 0.4) is 0 Å². The summed E-state index contributed by atoms with van der Waals surface area (Å²) in [5.41, 5.74) is 0.328. The predicted molar refractivity (Wildman–Crippen MR) is 69.3 cm³/mol. The van der Waals surface area contributed by atoms with Gasteiger partial charge in [-0.15, -0.1) is 0 Å². The minimum atomic E-state index is -0.489. The summed E-state index contributed by atoms with van der Waals surface area (Å²) >= 11 is 3.14. The first-order valence-electron chi connectivity index (χ1n) is 5.65. The number of phenols is 1. The van der Waals surface area contributed by atoms with Gasteiger partial charge in [-0.25, -0.2) is 0 Å². The Kier molecular flexibility index (Phi) is 3.86. The van der Waals surface area contributed by atoms with E-state index in [2.05, 4.69) is 26.6 Å². The van der Waals surface area contributed by atoms with Crippen molar-refractivity contribution in [3.8, 4) is 5.75 Å². The van der Waals surface area contributed by atoms with Gasteiger partial charge in [-0.05, 0) is 47.0 Å². The average Bonchev–Trinajstić information content (AvgIpc) is 2.35. The van der Waals surface area contributed by atoms with Gasteiger partial charge < -0.3 is 15.7 Å². The van der Waals surface area contributed by atoms with Gasteiger partial charge in [0.25, 0.3) is 5.91 Å². The number of phenolic OH excluding ortho intramolecular Hbond substituents is 1. The number of rotatable bonds is 2. The van der Waals surface area contributed by atoms with Crippen molar-refractivity contribution in [2.24, 2.45) is 0 Å². The maximum atomic E-state index is 11.9. The molecule has 18 heavy (non-hydrogen) atoms. The summed E-state index contributed by atoms with van der Waals surface area (Å²) < 4.78 is 0.523. The third-order valence-corrected chi connectivity index (χ3v) is 3.47. The fourth-order valence-electron chi connectivity index (χ4n) is 1.81. The first kappa shape index (κ1) is 12.9. The van der Waals surface area contributed by atoms with Gasteiger partial charge in [0, 0.05) is 12.1 Å². The van der Waals surface area contributed by atoms with Crippen LogP contribution in [0.15, 0.2) is 22.7 Å². The smallest absolute Gasteiger partial charge is 0.252 e. The Balaban J connectivity index is 2.07. The molecule has 1 saturated heterocycles. The quantitative estimate of drug-likeness (QED) is 0.767. The molecule has 2 rings (SSSR count). The number of piperidine rings is 1. The maximum absolute atomic E-state index is 11.9. The molecule has 0 aromatic heterocycles. The van der Waals surface area contributed by atoms with Gasteiger partial charge in [0.1, 0.15) is 11.8 Å². The third kappa shape index (κ3) is 2.81. The Bertz CT molecular complexity index is 490. The van der Waals surface area contributed by atoms with Gasteiger partial charge in [-0.3, -0.25) is 9.59 Å². The van der Waals surface area contributed by atoms with E-state index in [-0.39, 0.29) is 17.6 Å². The van der Waals surface area contributed by atoms with E-state index in [1.807, 2.05) is 0 Å². The summed E-state index contributed by atoms with van der Waals surface area (Å²) in [7, 11) is 0. The van der Waals surface area contributed by atoms with E-state index in [0.29, 0.717) is 23.0 Å². The fraction of sp³-hybridized carbons (Fsp3) is 0.333. The lowest BCUT2D eigenvalue weighted by Gasteiger charge is -2.22. The Labute approximate surface area is 113 Å². The Hall–Kier alpha value is -1.56. The van der Waals surface area contributed by atoms with E-state index in [9.17, 15) is 14.7 Å². The highest BCUT2D eigenvalue weighted by Crippen LogP contribution is 2.24. The van der Waals surface area contributed by atoms with Crippen molar-refractivity contribution in [2.45, 2.75) is 18.9 Å². The zero-order valence-electron chi connectivity index (χ0n) is 9.57. The minimum Gasteiger partial charge on any atom is -0.507 e. The SMILES string of the molecule is O=C(NC1CCCNC1=O)c1ccc(Br)c(O)c1. The number of aromatic hydroxyl groups is 1. The van der Waals surface area contributed by atoms with Crippen LogP contribution in [0.1, 0.15) is 23.2 Å². The number of hydrogen-bond donors (Lipinski definition) is 3. The topological polar surface area (TPSA) is 78.4 Å². The molecule has 96 valence electrons. The van der Waals surface area contributed by atoms with Crippen LogP contribution >= 0.6 is 15.9 Å². The second-order valence-electron chi connectivity index (χ2n) is 4.13. The Morgan fingerprint density at radius 1 is 1.50 bits per heavy atom. The van der Waals surface area contributed by atoms with Gasteiger partial charge in [0.05, 0.1) is 4.47 Å². The standard InChI is InChI=1S/C12H13BrN2O3/c13-8-4-3-7(6-10(8)16)11(17)15-9-2-1-5-14-12(9)18/h3-4,6,9,16H,1-2,5H2,(H,14,18)(H,15,17). The zero-order chi connectivity index (χ0) is 13.1. The molecule has 3 N–H and O–H groups in total. The number of carbonyl (C=O) groups excluding carboxylic acids is 2. The molecular weight excluding hydrogens is 300 g/mol. The molecular formula is C12H13BrN2O3. The van der Waals surface area contributed by atoms with Crippen molar-refractivity contribution >= 4 is 27.7 Å². The molecule has 2 amide bonds. The minimum absolute atomic E-state index is 0.00394. The van der Waals surface area contributed by atoms with Gasteiger partial charge >= 0.3 is 0 Å². The molecule has 1 aromatic carbocycles. The van der Waals surface area contributed by atoms with Crippen LogP contribution in [-0.2, 0) is 4.79 Å². The van der Waals surface area contributed by atoms with Crippen LogP contribution in [0.2, 0.25) is 0 Å². The molecule has 6 heteroatoms. The van der Waals surface area contributed by atoms with Crippen molar-refractivity contribution < 1.29 is 14.7 Å². The number of nitrogens with one attached hydrogen (secondary N) is 2. The molecule has 0 saturated carbocycles. The zero-order valence-corrected chi connectivity index (χ0v) is 11.2. The lowest BCUT2D eigenvalue weighted by Crippen LogP contribution is -2.50. The highest BCUT2D eigenvalue weighted by molar-refractivity contribution is 9.10. The van der Waals surface area contributed by atoms with Crippen molar-refractivity contribution in [1.82, 2.24) is 10.6 Å².